The summed E-state index contributed by atoms with van der Waals surface area (Å²) in [6.45, 7) is 4.44. The maximum Gasteiger partial charge on any atom is 0.253 e. The van der Waals surface area contributed by atoms with Gasteiger partial charge in [-0.25, -0.2) is 9.36 Å². The third kappa shape index (κ3) is 10.1. The Morgan fingerprint density at radius 1 is 0.576 bits per heavy atom. The molecule has 3 aliphatic rings. The zero-order valence-electron chi connectivity index (χ0n) is 37.3. The first-order chi connectivity index (χ1) is 31.7. The summed E-state index contributed by atoms with van der Waals surface area (Å²) in [6.07, 6.45) is 9.15. The van der Waals surface area contributed by atoms with E-state index in [0.717, 1.165) is 49.7 Å². The minimum absolute atomic E-state index is 0.137. The van der Waals surface area contributed by atoms with Gasteiger partial charge in [0, 0.05) is 66.1 Å². The molecule has 66 heavy (non-hydrogen) atoms. The third-order valence-electron chi connectivity index (χ3n) is 11.7. The zero-order chi connectivity index (χ0) is 46.8. The lowest BCUT2D eigenvalue weighted by molar-refractivity contribution is 0.0826. The molecular weight excluding hydrogens is 837 g/mol. The molecule has 0 spiro atoms. The Balaban J connectivity index is 0.000000180. The quantitative estimate of drug-likeness (QED) is 0.0849. The lowest BCUT2D eigenvalue weighted by Crippen LogP contribution is -2.25. The number of anilines is 2. The molecule has 16 heteroatoms. The third-order valence-corrected chi connectivity index (χ3v) is 11.7. The van der Waals surface area contributed by atoms with Crippen LogP contribution in [0.25, 0.3) is 11.4 Å². The van der Waals surface area contributed by atoms with Crippen LogP contribution in [-0.2, 0) is 0 Å². The molecule has 0 saturated heterocycles. The molecule has 7 N–H and O–H groups in total. The van der Waals surface area contributed by atoms with Crippen molar-refractivity contribution in [2.45, 2.75) is 64.5 Å². The Morgan fingerprint density at radius 3 is 1.44 bits per heavy atom. The van der Waals surface area contributed by atoms with Gasteiger partial charge in [0.2, 0.25) is 0 Å². The average molecular weight is 889 g/mol. The summed E-state index contributed by atoms with van der Waals surface area (Å²) in [4.78, 5) is 77.4. The summed E-state index contributed by atoms with van der Waals surface area (Å²) in [7, 11) is 3.31. The van der Waals surface area contributed by atoms with Crippen molar-refractivity contribution in [1.82, 2.24) is 40.4 Å². The standard InChI is InChI=1S/C26H27N5O3.C24H25N5O3/c1-15-5-8-19(26(34)30-20-9-10-20)12-22(15)31-24(27)21(14-29-31)23(32)17-3-2-4-18(11-17)25(33)28-13-16-6-7-16;1-14-7-8-16(23(31)27-18-9-10-18)12-20(14)29-22(25)19(13-26-29)21(30)15-5-4-6-17(11-15)24(32)28(2)3/h2-5,8,11-12,14,16,20H,6-7,9-10,13,27H2,1H3,(H,28,33)(H,30,34);4-8,11-13,18H,9-10,25H2,1-3H3,(H,27,31). The van der Waals surface area contributed by atoms with Crippen molar-refractivity contribution < 1.29 is 28.8 Å². The summed E-state index contributed by atoms with van der Waals surface area (Å²) in [5.41, 5.74) is 18.7. The topological polar surface area (TPSA) is 229 Å². The van der Waals surface area contributed by atoms with Crippen LogP contribution in [0, 0.1) is 19.8 Å². The summed E-state index contributed by atoms with van der Waals surface area (Å²) in [6, 6.07) is 24.3. The zero-order valence-corrected chi connectivity index (χ0v) is 37.3. The molecule has 4 amide bonds. The van der Waals surface area contributed by atoms with Crippen LogP contribution < -0.4 is 27.4 Å². The average Bonchev–Trinajstić information content (AvgIpc) is 4.25. The normalized spacial score (nSPS) is 14.1. The SMILES string of the molecule is Cc1ccc(C(=O)NC2CC2)cc1-n1ncc(C(=O)c2cccc(C(=O)N(C)C)c2)c1N.Cc1ccc(C(=O)NC2CC2)cc1-n1ncc(C(=O)c2cccc(C(=O)NCC3CC3)c2)c1N. The van der Waals surface area contributed by atoms with Crippen LogP contribution in [-0.4, -0.2) is 92.4 Å². The Kier molecular flexibility index (Phi) is 12.7. The van der Waals surface area contributed by atoms with E-state index in [1.54, 1.807) is 86.9 Å². The van der Waals surface area contributed by atoms with Crippen LogP contribution in [0.4, 0.5) is 11.6 Å². The van der Waals surface area contributed by atoms with E-state index in [2.05, 4.69) is 26.1 Å². The van der Waals surface area contributed by atoms with E-state index in [1.807, 2.05) is 26.0 Å². The molecule has 4 aromatic carbocycles. The monoisotopic (exact) mass is 888 g/mol. The van der Waals surface area contributed by atoms with E-state index in [4.69, 9.17) is 11.5 Å². The number of ketones is 2. The number of nitrogens with zero attached hydrogens (tertiary/aromatic N) is 5. The van der Waals surface area contributed by atoms with Crippen molar-refractivity contribution >= 4 is 46.8 Å². The number of nitrogens with two attached hydrogens (primary N) is 2. The summed E-state index contributed by atoms with van der Waals surface area (Å²) in [5.74, 6) is -0.397. The number of rotatable bonds is 14. The molecule has 0 aliphatic heterocycles. The molecule has 3 fully saturated rings. The van der Waals surface area contributed by atoms with Gasteiger partial charge < -0.3 is 32.3 Å². The first kappa shape index (κ1) is 44.7. The molecule has 2 heterocycles. The maximum atomic E-state index is 13.2. The van der Waals surface area contributed by atoms with Gasteiger partial charge in [0.1, 0.15) is 11.6 Å². The number of benzene rings is 4. The molecule has 0 atom stereocenters. The highest BCUT2D eigenvalue weighted by Crippen LogP contribution is 2.29. The van der Waals surface area contributed by atoms with E-state index >= 15 is 0 Å². The van der Waals surface area contributed by atoms with Crippen LogP contribution in [0.3, 0.4) is 0 Å². The van der Waals surface area contributed by atoms with Gasteiger partial charge in [0.15, 0.2) is 11.6 Å². The van der Waals surface area contributed by atoms with E-state index in [-0.39, 0.29) is 70.0 Å². The summed E-state index contributed by atoms with van der Waals surface area (Å²) in [5, 5.41) is 17.5. The van der Waals surface area contributed by atoms with Crippen molar-refractivity contribution in [3.63, 3.8) is 0 Å². The van der Waals surface area contributed by atoms with Crippen molar-refractivity contribution in [1.29, 1.82) is 0 Å². The number of hydrogen-bond donors (Lipinski definition) is 5. The first-order valence-electron chi connectivity index (χ1n) is 22.0. The van der Waals surface area contributed by atoms with Gasteiger partial charge in [0.25, 0.3) is 23.6 Å². The van der Waals surface area contributed by atoms with Crippen molar-refractivity contribution in [2.75, 3.05) is 32.1 Å². The van der Waals surface area contributed by atoms with Crippen LogP contribution >= 0.6 is 0 Å². The summed E-state index contributed by atoms with van der Waals surface area (Å²) < 4.78 is 2.94. The van der Waals surface area contributed by atoms with Crippen LogP contribution in [0.15, 0.2) is 97.3 Å². The van der Waals surface area contributed by atoms with Crippen molar-refractivity contribution in [3.8, 4) is 11.4 Å². The molecule has 0 bridgehead atoms. The van der Waals surface area contributed by atoms with E-state index in [1.165, 1.54) is 26.7 Å². The van der Waals surface area contributed by atoms with E-state index < -0.39 is 0 Å². The largest absolute Gasteiger partial charge is 0.383 e. The predicted octanol–water partition coefficient (Wildman–Crippen LogP) is 5.61. The fraction of sp³-hybridized carbons (Fsp3) is 0.280. The highest BCUT2D eigenvalue weighted by molar-refractivity contribution is 6.13. The first-order valence-corrected chi connectivity index (χ1v) is 22.0. The van der Waals surface area contributed by atoms with Crippen LogP contribution in [0.2, 0.25) is 0 Å². The lowest BCUT2D eigenvalue weighted by Gasteiger charge is -2.12. The van der Waals surface area contributed by atoms with Gasteiger partial charge in [-0.05, 0) is 118 Å². The minimum atomic E-state index is -0.331. The van der Waals surface area contributed by atoms with Gasteiger partial charge in [-0.1, -0.05) is 36.4 Å². The Hall–Kier alpha value is -7.88. The van der Waals surface area contributed by atoms with Crippen molar-refractivity contribution in [2.24, 2.45) is 5.92 Å². The maximum absolute atomic E-state index is 13.2. The molecular formula is C50H52N10O6. The number of carbonyl (C=O) groups excluding carboxylic acids is 6. The molecule has 338 valence electrons. The molecule has 16 nitrogen and oxygen atoms in total. The lowest BCUT2D eigenvalue weighted by atomic mass is 10.0. The van der Waals surface area contributed by atoms with E-state index in [0.29, 0.717) is 57.2 Å². The predicted molar refractivity (Wildman–Crippen MR) is 249 cm³/mol. The highest BCUT2D eigenvalue weighted by atomic mass is 16.2. The van der Waals surface area contributed by atoms with Gasteiger partial charge in [0.05, 0.1) is 34.9 Å². The fourth-order valence-corrected chi connectivity index (χ4v) is 7.23. The molecule has 3 saturated carbocycles. The second kappa shape index (κ2) is 18.7. The molecule has 2 aromatic heterocycles. The van der Waals surface area contributed by atoms with Gasteiger partial charge in [-0.2, -0.15) is 10.2 Å². The van der Waals surface area contributed by atoms with Gasteiger partial charge >= 0.3 is 0 Å². The summed E-state index contributed by atoms with van der Waals surface area (Å²) >= 11 is 0. The smallest absolute Gasteiger partial charge is 0.253 e. The molecule has 9 rings (SSSR count). The molecule has 6 aromatic rings. The Bertz CT molecular complexity index is 2900. The number of nitrogens with one attached hydrogen (secondary N) is 3. The number of nitrogen functional groups attached to an aromatic ring is 2. The molecule has 3 aliphatic carbocycles. The minimum Gasteiger partial charge on any atom is -0.383 e. The van der Waals surface area contributed by atoms with Gasteiger partial charge in [-0.3, -0.25) is 28.8 Å². The molecule has 0 unspecified atom stereocenters. The molecule has 0 radical (unpaired) electrons. The Morgan fingerprint density at radius 2 is 1.00 bits per heavy atom. The fourth-order valence-electron chi connectivity index (χ4n) is 7.23. The number of amides is 4. The number of aryl methyl sites for hydroxylation is 2. The number of carbonyl (C=O) groups is 6. The Labute approximate surface area is 381 Å². The second-order valence-electron chi connectivity index (χ2n) is 17.4. The van der Waals surface area contributed by atoms with Gasteiger partial charge in [-0.15, -0.1) is 0 Å². The van der Waals surface area contributed by atoms with Crippen molar-refractivity contribution in [3.05, 3.63) is 153 Å². The number of aromatic nitrogens is 4. The number of hydrogen-bond acceptors (Lipinski definition) is 10. The van der Waals surface area contributed by atoms with Crippen LogP contribution in [0.1, 0.15) is 123 Å². The second-order valence-corrected chi connectivity index (χ2v) is 17.4. The highest BCUT2D eigenvalue weighted by Gasteiger charge is 2.27. The van der Waals surface area contributed by atoms with E-state index in [9.17, 15) is 28.8 Å². The van der Waals surface area contributed by atoms with Crippen LogP contribution in [0.5, 0.6) is 0 Å².